The third-order valence-corrected chi connectivity index (χ3v) is 6.86. The monoisotopic (exact) mass is 469 g/mol. The molecule has 2 aromatic rings. The molecule has 168 valence electrons. The van der Waals surface area contributed by atoms with Gasteiger partial charge in [0.2, 0.25) is 5.82 Å². The fourth-order valence-electron chi connectivity index (χ4n) is 3.28. The van der Waals surface area contributed by atoms with Crippen LogP contribution in [0.3, 0.4) is 0 Å². The van der Waals surface area contributed by atoms with Crippen LogP contribution in [0, 0.1) is 0 Å². The van der Waals surface area contributed by atoms with Gasteiger partial charge >= 0.3 is 18.3 Å². The molecule has 31 heavy (non-hydrogen) atoms. The summed E-state index contributed by atoms with van der Waals surface area (Å²) < 4.78 is 104. The maximum Gasteiger partial charge on any atom is 0.451 e. The van der Waals surface area contributed by atoms with Crippen molar-refractivity contribution in [3.05, 3.63) is 47.9 Å². The third kappa shape index (κ3) is 4.43. The van der Waals surface area contributed by atoms with Gasteiger partial charge in [-0.3, -0.25) is 0 Å². The number of hydrogen-bond acceptors (Lipinski definition) is 6. The van der Waals surface area contributed by atoms with Crippen molar-refractivity contribution in [2.75, 3.05) is 11.4 Å². The summed E-state index contributed by atoms with van der Waals surface area (Å²) in [4.78, 5) is 17.7. The SMILES string of the molecule is O=C(O)[C@@H]1C[C@@H](S(=O)(=O)c2ccccc2C(F)(F)F)CN1c1ccnc(C(F)(F)F)n1. The second kappa shape index (κ2) is 7.66. The maximum atomic E-state index is 13.3. The summed E-state index contributed by atoms with van der Waals surface area (Å²) in [5.74, 6) is -3.63. The topological polar surface area (TPSA) is 100 Å². The van der Waals surface area contributed by atoms with Crippen molar-refractivity contribution in [3.63, 3.8) is 0 Å². The van der Waals surface area contributed by atoms with E-state index in [1.807, 2.05) is 0 Å². The lowest BCUT2D eigenvalue weighted by atomic mass is 10.2. The van der Waals surface area contributed by atoms with Gasteiger partial charge in [0.1, 0.15) is 11.9 Å². The van der Waals surface area contributed by atoms with E-state index in [1.54, 1.807) is 0 Å². The van der Waals surface area contributed by atoms with E-state index < -0.39 is 74.5 Å². The molecule has 1 N–H and O–H groups in total. The molecule has 1 saturated heterocycles. The van der Waals surface area contributed by atoms with E-state index in [4.69, 9.17) is 0 Å². The lowest BCUT2D eigenvalue weighted by Crippen LogP contribution is -2.37. The molecular weight excluding hydrogens is 456 g/mol. The van der Waals surface area contributed by atoms with Crippen LogP contribution in [-0.4, -0.2) is 47.3 Å². The first-order valence-electron chi connectivity index (χ1n) is 8.52. The minimum Gasteiger partial charge on any atom is -0.480 e. The third-order valence-electron chi connectivity index (χ3n) is 4.67. The van der Waals surface area contributed by atoms with Crippen LogP contribution in [0.4, 0.5) is 32.2 Å². The minimum atomic E-state index is -4.98. The molecule has 0 radical (unpaired) electrons. The van der Waals surface area contributed by atoms with Crippen LogP contribution < -0.4 is 4.90 Å². The number of anilines is 1. The van der Waals surface area contributed by atoms with Crippen molar-refractivity contribution in [2.45, 2.75) is 35.0 Å². The summed E-state index contributed by atoms with van der Waals surface area (Å²) in [5.41, 5.74) is -1.42. The summed E-state index contributed by atoms with van der Waals surface area (Å²) in [6.07, 6.45) is -9.84. The highest BCUT2D eigenvalue weighted by molar-refractivity contribution is 7.92. The highest BCUT2D eigenvalue weighted by atomic mass is 32.2. The van der Waals surface area contributed by atoms with Crippen molar-refractivity contribution in [1.82, 2.24) is 9.97 Å². The van der Waals surface area contributed by atoms with E-state index in [0.717, 1.165) is 35.4 Å². The van der Waals surface area contributed by atoms with Crippen LogP contribution in [0.1, 0.15) is 17.8 Å². The fourth-order valence-corrected chi connectivity index (χ4v) is 5.19. The molecule has 3 rings (SSSR count). The zero-order chi connectivity index (χ0) is 23.2. The molecule has 1 aromatic heterocycles. The number of alkyl halides is 6. The summed E-state index contributed by atoms with van der Waals surface area (Å²) in [6, 6.07) is 2.77. The molecular formula is C17H13F6N3O4S. The Kier molecular flexibility index (Phi) is 5.63. The lowest BCUT2D eigenvalue weighted by Gasteiger charge is -2.23. The number of carbonyl (C=O) groups is 1. The molecule has 0 bridgehead atoms. The van der Waals surface area contributed by atoms with Gasteiger partial charge in [-0.1, -0.05) is 12.1 Å². The molecule has 14 heteroatoms. The first-order chi connectivity index (χ1) is 14.2. The molecule has 1 aromatic carbocycles. The maximum absolute atomic E-state index is 13.3. The lowest BCUT2D eigenvalue weighted by molar-refractivity contribution is -0.145. The number of carboxylic acids is 1. The molecule has 1 aliphatic rings. The molecule has 0 saturated carbocycles. The number of sulfone groups is 1. The highest BCUT2D eigenvalue weighted by Crippen LogP contribution is 2.38. The van der Waals surface area contributed by atoms with E-state index in [-0.39, 0.29) is 0 Å². The van der Waals surface area contributed by atoms with Gasteiger partial charge < -0.3 is 10.0 Å². The predicted molar refractivity (Wildman–Crippen MR) is 92.8 cm³/mol. The second-order valence-corrected chi connectivity index (χ2v) is 8.84. The Balaban J connectivity index is 2.02. The first-order valence-corrected chi connectivity index (χ1v) is 10.1. The summed E-state index contributed by atoms with van der Waals surface area (Å²) in [7, 11) is -4.69. The largest absolute Gasteiger partial charge is 0.480 e. The van der Waals surface area contributed by atoms with E-state index in [2.05, 4.69) is 9.97 Å². The zero-order valence-electron chi connectivity index (χ0n) is 15.2. The summed E-state index contributed by atoms with van der Waals surface area (Å²) in [6.45, 7) is -0.667. The van der Waals surface area contributed by atoms with Crippen LogP contribution >= 0.6 is 0 Å². The number of carboxylic acid groups (broad SMARTS) is 1. The van der Waals surface area contributed by atoms with E-state index in [9.17, 15) is 44.7 Å². The summed E-state index contributed by atoms with van der Waals surface area (Å²) in [5, 5.41) is 7.81. The molecule has 7 nitrogen and oxygen atoms in total. The highest BCUT2D eigenvalue weighted by Gasteiger charge is 2.47. The van der Waals surface area contributed by atoms with Crippen molar-refractivity contribution in [3.8, 4) is 0 Å². The van der Waals surface area contributed by atoms with E-state index in [1.165, 1.54) is 0 Å². The molecule has 0 unspecified atom stereocenters. The van der Waals surface area contributed by atoms with E-state index in [0.29, 0.717) is 6.07 Å². The number of halogens is 6. The van der Waals surface area contributed by atoms with Gasteiger partial charge in [-0.15, -0.1) is 0 Å². The number of benzene rings is 1. The smallest absolute Gasteiger partial charge is 0.451 e. The van der Waals surface area contributed by atoms with Gasteiger partial charge in [-0.2, -0.15) is 26.3 Å². The van der Waals surface area contributed by atoms with Crippen molar-refractivity contribution in [1.29, 1.82) is 0 Å². The van der Waals surface area contributed by atoms with Gasteiger partial charge in [0, 0.05) is 12.7 Å². The second-order valence-electron chi connectivity index (χ2n) is 6.64. The van der Waals surface area contributed by atoms with Gasteiger partial charge in [0.05, 0.1) is 15.7 Å². The van der Waals surface area contributed by atoms with E-state index >= 15 is 0 Å². The average Bonchev–Trinajstić information content (AvgIpc) is 3.13. The molecule has 2 heterocycles. The number of hydrogen-bond donors (Lipinski definition) is 1. The Morgan fingerprint density at radius 2 is 1.71 bits per heavy atom. The van der Waals surface area contributed by atoms with Crippen molar-refractivity contribution >= 4 is 21.6 Å². The molecule has 0 spiro atoms. The Morgan fingerprint density at radius 1 is 1.06 bits per heavy atom. The Morgan fingerprint density at radius 3 is 2.29 bits per heavy atom. The number of nitrogens with zero attached hydrogens (tertiary/aromatic N) is 3. The Hall–Kier alpha value is -2.90. The standard InChI is InChI=1S/C17H13F6N3O4S/c18-16(19,20)10-3-1-2-4-12(10)31(29,30)9-7-11(14(27)28)26(8-9)13-5-6-24-15(25-13)17(21,22)23/h1-6,9,11H,7-8H2,(H,27,28)/t9-,11+/m1/s1. The summed E-state index contributed by atoms with van der Waals surface area (Å²) >= 11 is 0. The average molecular weight is 469 g/mol. The van der Waals surface area contributed by atoms with Crippen LogP contribution in [0.2, 0.25) is 0 Å². The van der Waals surface area contributed by atoms with Crippen molar-refractivity contribution in [2.24, 2.45) is 0 Å². The predicted octanol–water partition coefficient (Wildman–Crippen LogP) is 3.02. The molecule has 0 aliphatic carbocycles. The van der Waals surface area contributed by atoms with Crippen LogP contribution in [-0.2, 0) is 27.0 Å². The van der Waals surface area contributed by atoms with Gasteiger partial charge in [-0.25, -0.2) is 23.2 Å². The number of rotatable bonds is 4. The minimum absolute atomic E-state index is 0.503. The molecule has 2 atom stereocenters. The van der Waals surface area contributed by atoms with Crippen LogP contribution in [0.5, 0.6) is 0 Å². The van der Waals surface area contributed by atoms with Crippen LogP contribution in [0.15, 0.2) is 41.4 Å². The van der Waals surface area contributed by atoms with Crippen LogP contribution in [0.25, 0.3) is 0 Å². The fraction of sp³-hybridized carbons (Fsp3) is 0.353. The molecule has 0 amide bonds. The van der Waals surface area contributed by atoms with Gasteiger partial charge in [0.25, 0.3) is 0 Å². The number of aliphatic carboxylic acids is 1. The van der Waals surface area contributed by atoms with Gasteiger partial charge in [-0.05, 0) is 24.6 Å². The first kappa shape index (κ1) is 22.8. The molecule has 1 aliphatic heterocycles. The normalized spacial score (nSPS) is 20.1. The Bertz CT molecular complexity index is 1100. The Labute approximate surface area is 171 Å². The van der Waals surface area contributed by atoms with Gasteiger partial charge in [0.15, 0.2) is 9.84 Å². The zero-order valence-corrected chi connectivity index (χ0v) is 16.0. The molecule has 1 fully saturated rings. The quantitative estimate of drug-likeness (QED) is 0.687. The van der Waals surface area contributed by atoms with Crippen molar-refractivity contribution < 1.29 is 44.7 Å². The number of aromatic nitrogens is 2.